The fourth-order valence-corrected chi connectivity index (χ4v) is 5.55. The van der Waals surface area contributed by atoms with Crippen LogP contribution in [-0.2, 0) is 0 Å². The number of nitrogens with one attached hydrogen (secondary N) is 1. The number of aryl methyl sites for hydroxylation is 2. The Labute approximate surface area is 253 Å². The molecule has 2 aromatic heterocycles. The van der Waals surface area contributed by atoms with Gasteiger partial charge in [0.1, 0.15) is 0 Å². The van der Waals surface area contributed by atoms with Crippen LogP contribution in [0.4, 0.5) is 0 Å². The molecule has 6 heteroatoms. The molecule has 0 bridgehead atoms. The number of benzene rings is 4. The third-order valence-electron chi connectivity index (χ3n) is 7.24. The molecule has 6 aromatic rings. The molecule has 0 aliphatic rings. The molecule has 1 amide bonds. The molecule has 0 saturated heterocycles. The fraction of sp³-hybridized carbons (Fsp3) is 0.0556. The maximum absolute atomic E-state index is 13.2. The van der Waals surface area contributed by atoms with Crippen LogP contribution in [0.5, 0.6) is 0 Å². The number of hydrogen-bond acceptors (Lipinski definition) is 2. The number of rotatable bonds is 7. The molecule has 0 atom stereocenters. The first-order valence-electron chi connectivity index (χ1n) is 13.7. The van der Waals surface area contributed by atoms with E-state index < -0.39 is 0 Å². The van der Waals surface area contributed by atoms with E-state index >= 15 is 0 Å². The number of aromatic nitrogens is 2. The molecule has 1 N–H and O–H groups in total. The average Bonchev–Trinajstić information content (AvgIpc) is 3.57. The minimum absolute atomic E-state index is 0.271. The molecule has 0 radical (unpaired) electrons. The zero-order chi connectivity index (χ0) is 29.1. The minimum atomic E-state index is -0.271. The molecule has 2 heterocycles. The van der Waals surface area contributed by atoms with Gasteiger partial charge < -0.3 is 9.13 Å². The van der Waals surface area contributed by atoms with E-state index in [1.165, 1.54) is 0 Å². The Hall–Kier alpha value is -4.94. The van der Waals surface area contributed by atoms with E-state index in [0.29, 0.717) is 5.56 Å². The smallest absolute Gasteiger partial charge is 0.271 e. The summed E-state index contributed by atoms with van der Waals surface area (Å²) < 4.78 is 5.38. The number of carbonyl (C=O) groups excluding carboxylic acids is 1. The number of halogens is 1. The normalized spacial score (nSPS) is 11.2. The van der Waals surface area contributed by atoms with E-state index in [-0.39, 0.29) is 5.91 Å². The molecule has 5 nitrogen and oxygen atoms in total. The molecule has 0 spiro atoms. The van der Waals surface area contributed by atoms with Gasteiger partial charge in [-0.2, -0.15) is 5.10 Å². The van der Waals surface area contributed by atoms with E-state index in [4.69, 9.17) is 0 Å². The van der Waals surface area contributed by atoms with Crippen molar-refractivity contribution in [1.29, 1.82) is 0 Å². The molecule has 0 aliphatic heterocycles. The molecule has 0 saturated carbocycles. The van der Waals surface area contributed by atoms with Crippen molar-refractivity contribution in [2.45, 2.75) is 13.8 Å². The van der Waals surface area contributed by atoms with Gasteiger partial charge in [0.05, 0.1) is 17.6 Å². The summed E-state index contributed by atoms with van der Waals surface area (Å²) in [7, 11) is 0. The molecule has 4 aromatic carbocycles. The van der Waals surface area contributed by atoms with Crippen LogP contribution in [0.25, 0.3) is 33.9 Å². The van der Waals surface area contributed by atoms with Gasteiger partial charge in [0, 0.05) is 38.4 Å². The number of nitrogens with zero attached hydrogens (tertiary/aromatic N) is 3. The van der Waals surface area contributed by atoms with Crippen molar-refractivity contribution in [3.05, 3.63) is 154 Å². The van der Waals surface area contributed by atoms with Gasteiger partial charge in [-0.1, -0.05) is 82.7 Å². The van der Waals surface area contributed by atoms with Crippen molar-refractivity contribution in [2.24, 2.45) is 5.10 Å². The van der Waals surface area contributed by atoms with E-state index in [1.807, 2.05) is 66.7 Å². The minimum Gasteiger partial charge on any atom is -0.318 e. The Bertz CT molecular complexity index is 1870. The number of hydrogen-bond donors (Lipinski definition) is 1. The average molecular weight is 614 g/mol. The van der Waals surface area contributed by atoms with Crippen LogP contribution in [-0.4, -0.2) is 21.3 Å². The summed E-state index contributed by atoms with van der Waals surface area (Å²) >= 11 is 3.57. The van der Waals surface area contributed by atoms with E-state index in [2.05, 4.69) is 104 Å². The lowest BCUT2D eigenvalue weighted by Gasteiger charge is -2.15. The summed E-state index contributed by atoms with van der Waals surface area (Å²) in [5.41, 5.74) is 12.5. The Balaban J connectivity index is 1.39. The predicted octanol–water partition coefficient (Wildman–Crippen LogP) is 8.75. The largest absolute Gasteiger partial charge is 0.318 e. The van der Waals surface area contributed by atoms with Gasteiger partial charge in [0.25, 0.3) is 5.91 Å². The van der Waals surface area contributed by atoms with Gasteiger partial charge >= 0.3 is 0 Å². The summed E-state index contributed by atoms with van der Waals surface area (Å²) in [5.74, 6) is -0.271. The van der Waals surface area contributed by atoms with Crippen LogP contribution in [0.3, 0.4) is 0 Å². The quantitative estimate of drug-likeness (QED) is 0.142. The van der Waals surface area contributed by atoms with Gasteiger partial charge in [-0.25, -0.2) is 5.43 Å². The zero-order valence-corrected chi connectivity index (χ0v) is 24.9. The Morgan fingerprint density at radius 1 is 0.690 bits per heavy atom. The van der Waals surface area contributed by atoms with Crippen molar-refractivity contribution in [2.75, 3.05) is 0 Å². The monoisotopic (exact) mass is 612 g/mol. The third-order valence-corrected chi connectivity index (χ3v) is 7.77. The van der Waals surface area contributed by atoms with Crippen LogP contribution in [0.2, 0.25) is 0 Å². The van der Waals surface area contributed by atoms with Crippen molar-refractivity contribution in [3.8, 4) is 33.9 Å². The van der Waals surface area contributed by atoms with Crippen LogP contribution >= 0.6 is 15.9 Å². The Morgan fingerprint density at radius 2 is 1.33 bits per heavy atom. The maximum Gasteiger partial charge on any atom is 0.271 e. The van der Waals surface area contributed by atoms with Crippen LogP contribution in [0.1, 0.15) is 27.3 Å². The second-order valence-corrected chi connectivity index (χ2v) is 11.0. The lowest BCUT2D eigenvalue weighted by atomic mass is 10.1. The second-order valence-electron chi connectivity index (χ2n) is 10.1. The highest BCUT2D eigenvalue weighted by Crippen LogP contribution is 2.35. The molecule has 6 rings (SSSR count). The zero-order valence-electron chi connectivity index (χ0n) is 23.3. The predicted molar refractivity (Wildman–Crippen MR) is 175 cm³/mol. The first kappa shape index (κ1) is 27.2. The summed E-state index contributed by atoms with van der Waals surface area (Å²) in [6.07, 6.45) is 1.73. The lowest BCUT2D eigenvalue weighted by molar-refractivity contribution is 0.0955. The van der Waals surface area contributed by atoms with Crippen molar-refractivity contribution >= 4 is 28.1 Å². The van der Waals surface area contributed by atoms with Gasteiger partial charge in [0.2, 0.25) is 0 Å². The first-order valence-corrected chi connectivity index (χ1v) is 14.5. The third kappa shape index (κ3) is 5.49. The Kier molecular flexibility index (Phi) is 7.71. The van der Waals surface area contributed by atoms with E-state index in [1.54, 1.807) is 12.3 Å². The number of hydrazone groups is 1. The molecule has 0 aliphatic carbocycles. The molecule has 0 unspecified atom stereocenters. The molecule has 206 valence electrons. The highest BCUT2D eigenvalue weighted by Gasteiger charge is 2.19. The van der Waals surface area contributed by atoms with Crippen LogP contribution in [0, 0.1) is 13.8 Å². The van der Waals surface area contributed by atoms with Gasteiger partial charge in [-0.15, -0.1) is 0 Å². The van der Waals surface area contributed by atoms with Crippen LogP contribution in [0.15, 0.2) is 137 Å². The second kappa shape index (κ2) is 11.9. The summed E-state index contributed by atoms with van der Waals surface area (Å²) in [4.78, 5) is 13.2. The number of carbonyl (C=O) groups is 1. The van der Waals surface area contributed by atoms with Crippen molar-refractivity contribution < 1.29 is 4.79 Å². The van der Waals surface area contributed by atoms with E-state index in [0.717, 1.165) is 55.3 Å². The lowest BCUT2D eigenvalue weighted by Crippen LogP contribution is -2.18. The molecular formula is C36H29BrN4O. The first-order chi connectivity index (χ1) is 20.5. The highest BCUT2D eigenvalue weighted by atomic mass is 79.9. The summed E-state index contributed by atoms with van der Waals surface area (Å²) in [6, 6.07) is 42.6. The topological polar surface area (TPSA) is 51.3 Å². The molecular weight excluding hydrogens is 584 g/mol. The highest BCUT2D eigenvalue weighted by molar-refractivity contribution is 9.10. The van der Waals surface area contributed by atoms with E-state index in [9.17, 15) is 4.79 Å². The van der Waals surface area contributed by atoms with Gasteiger partial charge in [-0.05, 0) is 85.6 Å². The molecule has 0 fully saturated rings. The van der Waals surface area contributed by atoms with Gasteiger partial charge in [-0.3, -0.25) is 4.79 Å². The maximum atomic E-state index is 13.2. The van der Waals surface area contributed by atoms with Crippen molar-refractivity contribution in [3.63, 3.8) is 0 Å². The van der Waals surface area contributed by atoms with Gasteiger partial charge in [0.15, 0.2) is 0 Å². The summed E-state index contributed by atoms with van der Waals surface area (Å²) in [5, 5.41) is 4.44. The fourth-order valence-electron chi connectivity index (χ4n) is 5.29. The van der Waals surface area contributed by atoms with Crippen LogP contribution < -0.4 is 5.43 Å². The summed E-state index contributed by atoms with van der Waals surface area (Å²) in [6.45, 7) is 4.11. The standard InChI is InChI=1S/C36H29BrN4O/c1-25-16-17-26(2)40(25)33-15-9-14-29(22-33)36(42)39-38-24-30-23-34(27-10-5-3-6-11-27)41(32-20-18-31(37)19-21-32)35(30)28-12-7-4-8-13-28/h3-24H,1-2H3,(H,39,42)/b38-24+. The SMILES string of the molecule is Cc1ccc(C)n1-c1cccc(C(=O)N/N=C/c2cc(-c3ccccc3)n(-c3ccc(Br)cc3)c2-c2ccccc2)c1. The van der Waals surface area contributed by atoms with Crippen molar-refractivity contribution in [1.82, 2.24) is 14.6 Å². The Morgan fingerprint density at radius 3 is 2.00 bits per heavy atom. The molecule has 42 heavy (non-hydrogen) atoms. The number of amides is 1.